The third-order valence-corrected chi connectivity index (χ3v) is 8.82. The summed E-state index contributed by atoms with van der Waals surface area (Å²) in [5, 5.41) is 31.3. The number of ether oxygens (including phenoxy) is 1. The molecule has 0 bridgehead atoms. The zero-order valence-corrected chi connectivity index (χ0v) is 27.1. The summed E-state index contributed by atoms with van der Waals surface area (Å²) in [6.45, 7) is 4.97. The number of nitrogens with zero attached hydrogens (tertiary/aromatic N) is 4. The van der Waals surface area contributed by atoms with Crippen LogP contribution >= 0.6 is 0 Å². The van der Waals surface area contributed by atoms with Gasteiger partial charge in [0, 0.05) is 22.8 Å². The zero-order valence-electron chi connectivity index (χ0n) is 25.5. The van der Waals surface area contributed by atoms with E-state index in [2.05, 4.69) is 25.8 Å². The molecular formula is C32H29N5O8S2. The van der Waals surface area contributed by atoms with Gasteiger partial charge in [-0.3, -0.25) is 9.11 Å². The smallest absolute Gasteiger partial charge is 0.296 e. The lowest BCUT2D eigenvalue weighted by atomic mass is 10.1. The molecule has 0 aliphatic carbocycles. The minimum Gasteiger partial charge on any atom is -0.505 e. The molecule has 47 heavy (non-hydrogen) atoms. The average molecular weight is 676 g/mol. The molecule has 0 fully saturated rings. The topological polar surface area (TPSA) is 200 Å². The molecule has 242 valence electrons. The first-order chi connectivity index (χ1) is 22.2. The van der Waals surface area contributed by atoms with Gasteiger partial charge in [0.05, 0.1) is 7.11 Å². The first-order valence-electron chi connectivity index (χ1n) is 13.9. The van der Waals surface area contributed by atoms with Gasteiger partial charge in [-0.05, 0) is 91.4 Å². The van der Waals surface area contributed by atoms with E-state index in [-0.39, 0.29) is 22.4 Å². The monoisotopic (exact) mass is 675 g/mol. The Balaban J connectivity index is 1.63. The van der Waals surface area contributed by atoms with Gasteiger partial charge in [-0.25, -0.2) is 0 Å². The van der Waals surface area contributed by atoms with Gasteiger partial charge in [0.2, 0.25) is 0 Å². The summed E-state index contributed by atoms with van der Waals surface area (Å²) in [5.41, 5.74) is 2.40. The van der Waals surface area contributed by atoms with E-state index in [9.17, 15) is 31.0 Å². The second-order valence-electron chi connectivity index (χ2n) is 10.6. The summed E-state index contributed by atoms with van der Waals surface area (Å²) >= 11 is 0. The number of rotatable bonds is 9. The highest BCUT2D eigenvalue weighted by Crippen LogP contribution is 2.44. The lowest BCUT2D eigenvalue weighted by molar-refractivity contribution is 0.412. The number of fused-ring (bicyclic) bond motifs is 1. The molecule has 0 unspecified atom stereocenters. The number of aromatic hydroxyl groups is 1. The highest BCUT2D eigenvalue weighted by molar-refractivity contribution is 7.86. The first kappa shape index (κ1) is 33.2. The van der Waals surface area contributed by atoms with Crippen molar-refractivity contribution in [3.63, 3.8) is 0 Å². The van der Waals surface area contributed by atoms with Gasteiger partial charge in [-0.2, -0.15) is 16.8 Å². The summed E-state index contributed by atoms with van der Waals surface area (Å²) in [6.07, 6.45) is 0. The van der Waals surface area contributed by atoms with E-state index < -0.39 is 41.5 Å². The van der Waals surface area contributed by atoms with Crippen LogP contribution in [0.2, 0.25) is 0 Å². The fraction of sp³-hybridized carbons (Fsp3) is 0.125. The molecule has 0 saturated heterocycles. The quantitative estimate of drug-likeness (QED) is 0.0872. The SMILES string of the molecule is COc1cc(N=Nc2c(C)cc(C)cc2S(=O)(=O)O)c(N=Nc2c(S(=O)(=O)O)cc3cc(Nc4ccccc4)ccc3c2O)cc1C. The number of hydrogen-bond donors (Lipinski definition) is 4. The lowest BCUT2D eigenvalue weighted by Gasteiger charge is -2.12. The van der Waals surface area contributed by atoms with Crippen molar-refractivity contribution in [2.24, 2.45) is 20.5 Å². The highest BCUT2D eigenvalue weighted by atomic mass is 32.2. The standard InChI is InChI=1S/C32H29N5O8S2/c1-18-12-20(3)30(28(13-18)46(39,40)41)36-35-26-17-27(45-4)19(2)14-25(26)34-37-31-29(47(42,43)44)16-21-15-23(10-11-24(21)32(31)38)33-22-8-6-5-7-9-22/h5-17,33,38H,1-4H3,(H,39,40,41)(H,42,43,44). The van der Waals surface area contributed by atoms with Gasteiger partial charge in [-0.1, -0.05) is 24.3 Å². The maximum absolute atomic E-state index is 12.5. The minimum atomic E-state index is -4.90. The highest BCUT2D eigenvalue weighted by Gasteiger charge is 2.23. The number of phenolic OH excluding ortho intramolecular Hbond substituents is 1. The van der Waals surface area contributed by atoms with E-state index in [1.807, 2.05) is 30.3 Å². The maximum atomic E-state index is 12.5. The molecule has 0 spiro atoms. The van der Waals surface area contributed by atoms with E-state index in [4.69, 9.17) is 4.74 Å². The number of aryl methyl sites for hydroxylation is 3. The molecular weight excluding hydrogens is 647 g/mol. The molecule has 0 radical (unpaired) electrons. The Hall–Kier alpha value is -5.22. The van der Waals surface area contributed by atoms with Crippen LogP contribution in [0.4, 0.5) is 34.1 Å². The van der Waals surface area contributed by atoms with Gasteiger partial charge >= 0.3 is 0 Å². The zero-order chi connectivity index (χ0) is 34.1. The van der Waals surface area contributed by atoms with Crippen LogP contribution in [0.15, 0.2) is 109 Å². The summed E-state index contributed by atoms with van der Waals surface area (Å²) in [5.74, 6) is -0.174. The van der Waals surface area contributed by atoms with Crippen molar-refractivity contribution in [3.05, 3.63) is 95.6 Å². The predicted molar refractivity (Wildman–Crippen MR) is 177 cm³/mol. The van der Waals surface area contributed by atoms with Crippen LogP contribution in [-0.2, 0) is 20.2 Å². The molecule has 13 nitrogen and oxygen atoms in total. The number of para-hydroxylation sites is 1. The molecule has 15 heteroatoms. The molecule has 0 heterocycles. The molecule has 0 amide bonds. The van der Waals surface area contributed by atoms with Crippen molar-refractivity contribution >= 4 is 65.1 Å². The van der Waals surface area contributed by atoms with Gasteiger partial charge in [0.1, 0.15) is 38.3 Å². The Bertz CT molecular complexity index is 2310. The molecule has 0 atom stereocenters. The van der Waals surface area contributed by atoms with E-state index in [1.165, 1.54) is 31.4 Å². The molecule has 0 saturated carbocycles. The van der Waals surface area contributed by atoms with Crippen molar-refractivity contribution in [1.82, 2.24) is 0 Å². The number of phenols is 1. The van der Waals surface area contributed by atoms with Crippen molar-refractivity contribution < 1.29 is 35.8 Å². The van der Waals surface area contributed by atoms with Crippen LogP contribution < -0.4 is 10.1 Å². The number of nitrogens with one attached hydrogen (secondary N) is 1. The van der Waals surface area contributed by atoms with Crippen LogP contribution in [0.1, 0.15) is 16.7 Å². The fourth-order valence-corrected chi connectivity index (χ4v) is 6.35. The van der Waals surface area contributed by atoms with E-state index in [0.29, 0.717) is 33.5 Å². The lowest BCUT2D eigenvalue weighted by Crippen LogP contribution is -2.00. The van der Waals surface area contributed by atoms with Crippen LogP contribution in [0.5, 0.6) is 11.5 Å². The minimum absolute atomic E-state index is 0.0303. The third-order valence-electron chi connectivity index (χ3n) is 7.09. The van der Waals surface area contributed by atoms with Gasteiger partial charge in [-0.15, -0.1) is 20.5 Å². The van der Waals surface area contributed by atoms with Crippen molar-refractivity contribution in [2.75, 3.05) is 12.4 Å². The molecule has 5 aromatic carbocycles. The van der Waals surface area contributed by atoms with Gasteiger partial charge < -0.3 is 15.2 Å². The Morgan fingerprint density at radius 3 is 1.91 bits per heavy atom. The maximum Gasteiger partial charge on any atom is 0.296 e. The Morgan fingerprint density at radius 2 is 1.28 bits per heavy atom. The number of methoxy groups -OCH3 is 1. The second kappa shape index (κ2) is 12.9. The molecule has 4 N–H and O–H groups in total. The van der Waals surface area contributed by atoms with E-state index in [1.54, 1.807) is 45.0 Å². The summed E-state index contributed by atoms with van der Waals surface area (Å²) < 4.78 is 74.4. The number of azo groups is 2. The van der Waals surface area contributed by atoms with Crippen LogP contribution in [0.25, 0.3) is 10.8 Å². The van der Waals surface area contributed by atoms with Gasteiger partial charge in [0.15, 0.2) is 5.75 Å². The van der Waals surface area contributed by atoms with Crippen LogP contribution in [0.3, 0.4) is 0 Å². The van der Waals surface area contributed by atoms with Crippen molar-refractivity contribution in [3.8, 4) is 11.5 Å². The average Bonchev–Trinajstić information content (AvgIpc) is 3.00. The number of anilines is 2. The number of benzene rings is 5. The Labute approximate surface area is 270 Å². The summed E-state index contributed by atoms with van der Waals surface area (Å²) in [6, 6.07) is 21.2. The molecule has 0 aliphatic rings. The van der Waals surface area contributed by atoms with E-state index in [0.717, 1.165) is 5.69 Å². The Morgan fingerprint density at radius 1 is 0.660 bits per heavy atom. The fourth-order valence-electron chi connectivity index (χ4n) is 4.91. The summed E-state index contributed by atoms with van der Waals surface area (Å²) in [4.78, 5) is -1.13. The molecule has 0 aliphatic heterocycles. The van der Waals surface area contributed by atoms with Crippen molar-refractivity contribution in [1.29, 1.82) is 0 Å². The molecule has 0 aromatic heterocycles. The van der Waals surface area contributed by atoms with E-state index >= 15 is 0 Å². The van der Waals surface area contributed by atoms with Crippen LogP contribution in [-0.4, -0.2) is 38.2 Å². The number of hydrogen-bond acceptors (Lipinski definition) is 11. The third kappa shape index (κ3) is 7.28. The largest absolute Gasteiger partial charge is 0.505 e. The molecule has 5 rings (SSSR count). The normalized spacial score (nSPS) is 12.3. The first-order valence-corrected chi connectivity index (χ1v) is 16.7. The Kier molecular flexibility index (Phi) is 9.09. The van der Waals surface area contributed by atoms with Gasteiger partial charge in [0.25, 0.3) is 20.2 Å². The predicted octanol–water partition coefficient (Wildman–Crippen LogP) is 8.55. The van der Waals surface area contributed by atoms with Crippen molar-refractivity contribution in [2.45, 2.75) is 30.6 Å². The molecule has 5 aromatic rings. The second-order valence-corrected chi connectivity index (χ2v) is 13.4. The van der Waals surface area contributed by atoms with Crippen LogP contribution in [0, 0.1) is 20.8 Å². The summed E-state index contributed by atoms with van der Waals surface area (Å²) in [7, 11) is -8.13.